The third-order valence-electron chi connectivity index (χ3n) is 2.95. The summed E-state index contributed by atoms with van der Waals surface area (Å²) in [6.45, 7) is 3.49. The third-order valence-corrected chi connectivity index (χ3v) is 3.95. The van der Waals surface area contributed by atoms with Crippen LogP contribution in [-0.2, 0) is 11.2 Å². The summed E-state index contributed by atoms with van der Waals surface area (Å²) in [5.41, 5.74) is 6.66. The summed E-state index contributed by atoms with van der Waals surface area (Å²) in [5, 5.41) is 2.14. The normalized spacial score (nSPS) is 21.3. The predicted molar refractivity (Wildman–Crippen MR) is 61.8 cm³/mol. The van der Waals surface area contributed by atoms with E-state index in [0.717, 1.165) is 19.4 Å². The SMILES string of the molecule is CCC1c2ccsc2CCN1CC(N)=O. The first-order valence-electron chi connectivity index (χ1n) is 5.31. The van der Waals surface area contributed by atoms with Crippen LogP contribution < -0.4 is 5.73 Å². The molecule has 0 radical (unpaired) electrons. The maximum absolute atomic E-state index is 11.0. The van der Waals surface area contributed by atoms with E-state index in [1.165, 1.54) is 10.4 Å². The van der Waals surface area contributed by atoms with Crippen molar-refractivity contribution in [2.45, 2.75) is 25.8 Å². The number of carbonyl (C=O) groups is 1. The average Bonchev–Trinajstić information content (AvgIpc) is 2.64. The lowest BCUT2D eigenvalue weighted by Crippen LogP contribution is -2.40. The number of amides is 1. The van der Waals surface area contributed by atoms with Gasteiger partial charge < -0.3 is 5.73 Å². The van der Waals surface area contributed by atoms with Crippen LogP contribution in [0, 0.1) is 0 Å². The Hall–Kier alpha value is -0.870. The summed E-state index contributed by atoms with van der Waals surface area (Å²) in [7, 11) is 0. The largest absolute Gasteiger partial charge is 0.369 e. The van der Waals surface area contributed by atoms with Crippen LogP contribution in [-0.4, -0.2) is 23.9 Å². The predicted octanol–water partition coefficient (Wildman–Crippen LogP) is 1.54. The van der Waals surface area contributed by atoms with Crippen LogP contribution in [0.15, 0.2) is 11.4 Å². The van der Waals surface area contributed by atoms with Crippen molar-refractivity contribution in [2.24, 2.45) is 5.73 Å². The summed E-state index contributed by atoms with van der Waals surface area (Å²) >= 11 is 1.82. The van der Waals surface area contributed by atoms with E-state index in [9.17, 15) is 4.79 Å². The van der Waals surface area contributed by atoms with Crippen LogP contribution in [0.1, 0.15) is 29.8 Å². The Bertz CT molecular complexity index is 361. The zero-order valence-corrected chi connectivity index (χ0v) is 9.72. The number of carbonyl (C=O) groups excluding carboxylic acids is 1. The Morgan fingerprint density at radius 1 is 1.73 bits per heavy atom. The molecule has 0 fully saturated rings. The van der Waals surface area contributed by atoms with Crippen LogP contribution >= 0.6 is 11.3 Å². The fourth-order valence-electron chi connectivity index (χ4n) is 2.32. The quantitative estimate of drug-likeness (QED) is 0.846. The van der Waals surface area contributed by atoms with Crippen molar-refractivity contribution in [2.75, 3.05) is 13.1 Å². The van der Waals surface area contributed by atoms with Crippen LogP contribution in [0.3, 0.4) is 0 Å². The molecule has 0 saturated carbocycles. The minimum absolute atomic E-state index is 0.230. The molecule has 1 aromatic rings. The smallest absolute Gasteiger partial charge is 0.231 e. The van der Waals surface area contributed by atoms with E-state index < -0.39 is 0 Å². The summed E-state index contributed by atoms with van der Waals surface area (Å²) in [5.74, 6) is -0.230. The molecule has 1 atom stereocenters. The Kier molecular flexibility index (Phi) is 3.07. The number of fused-ring (bicyclic) bond motifs is 1. The van der Waals surface area contributed by atoms with Gasteiger partial charge in [0.2, 0.25) is 5.91 Å². The van der Waals surface area contributed by atoms with Crippen LogP contribution in [0.5, 0.6) is 0 Å². The number of hydrogen-bond acceptors (Lipinski definition) is 3. The van der Waals surface area contributed by atoms with E-state index in [1.807, 2.05) is 11.3 Å². The minimum atomic E-state index is -0.230. The van der Waals surface area contributed by atoms with E-state index in [0.29, 0.717) is 12.6 Å². The third kappa shape index (κ3) is 2.06. The highest BCUT2D eigenvalue weighted by atomic mass is 32.1. The summed E-state index contributed by atoms with van der Waals surface area (Å²) in [6.07, 6.45) is 2.09. The lowest BCUT2D eigenvalue weighted by Gasteiger charge is -2.34. The van der Waals surface area contributed by atoms with Gasteiger partial charge in [0.25, 0.3) is 0 Å². The van der Waals surface area contributed by atoms with Crippen LogP contribution in [0.25, 0.3) is 0 Å². The fraction of sp³-hybridized carbons (Fsp3) is 0.545. The summed E-state index contributed by atoms with van der Waals surface area (Å²) in [4.78, 5) is 14.6. The Morgan fingerprint density at radius 2 is 2.53 bits per heavy atom. The van der Waals surface area contributed by atoms with Crippen molar-refractivity contribution in [1.29, 1.82) is 0 Å². The highest BCUT2D eigenvalue weighted by Crippen LogP contribution is 2.34. The first-order valence-corrected chi connectivity index (χ1v) is 6.19. The number of nitrogens with two attached hydrogens (primary N) is 1. The molecule has 0 bridgehead atoms. The highest BCUT2D eigenvalue weighted by Gasteiger charge is 2.27. The van der Waals surface area contributed by atoms with E-state index in [4.69, 9.17) is 5.73 Å². The lowest BCUT2D eigenvalue weighted by atomic mass is 9.98. The van der Waals surface area contributed by atoms with E-state index in [1.54, 1.807) is 0 Å². The average molecular weight is 224 g/mol. The molecular formula is C11H16N2OS. The van der Waals surface area contributed by atoms with Crippen molar-refractivity contribution in [3.05, 3.63) is 21.9 Å². The first kappa shape index (κ1) is 10.6. The maximum atomic E-state index is 11.0. The molecule has 3 nitrogen and oxygen atoms in total. The number of thiophene rings is 1. The van der Waals surface area contributed by atoms with Crippen LogP contribution in [0.4, 0.5) is 0 Å². The fourth-order valence-corrected chi connectivity index (χ4v) is 3.24. The van der Waals surface area contributed by atoms with E-state index in [2.05, 4.69) is 23.3 Å². The van der Waals surface area contributed by atoms with Gasteiger partial charge in [0.15, 0.2) is 0 Å². The minimum Gasteiger partial charge on any atom is -0.369 e. The van der Waals surface area contributed by atoms with Gasteiger partial charge in [-0.2, -0.15) is 0 Å². The van der Waals surface area contributed by atoms with Gasteiger partial charge in [0.05, 0.1) is 6.54 Å². The molecule has 0 aromatic carbocycles. The van der Waals surface area contributed by atoms with Crippen molar-refractivity contribution in [1.82, 2.24) is 4.90 Å². The second-order valence-electron chi connectivity index (χ2n) is 3.91. The van der Waals surface area contributed by atoms with Crippen molar-refractivity contribution in [3.63, 3.8) is 0 Å². The molecule has 2 heterocycles. The molecule has 1 aliphatic rings. The van der Waals surface area contributed by atoms with E-state index in [-0.39, 0.29) is 5.91 Å². The number of primary amides is 1. The molecule has 1 aromatic heterocycles. The molecular weight excluding hydrogens is 208 g/mol. The second-order valence-corrected chi connectivity index (χ2v) is 4.91. The second kappa shape index (κ2) is 4.33. The topological polar surface area (TPSA) is 46.3 Å². The molecule has 0 saturated heterocycles. The Labute approximate surface area is 93.9 Å². The molecule has 1 amide bonds. The van der Waals surface area contributed by atoms with Gasteiger partial charge in [-0.3, -0.25) is 9.69 Å². The first-order chi connectivity index (χ1) is 7.22. The highest BCUT2D eigenvalue weighted by molar-refractivity contribution is 7.10. The molecule has 2 rings (SSSR count). The Balaban J connectivity index is 2.21. The van der Waals surface area contributed by atoms with Crippen molar-refractivity contribution in [3.8, 4) is 0 Å². The Morgan fingerprint density at radius 3 is 3.20 bits per heavy atom. The molecule has 82 valence electrons. The summed E-state index contributed by atoms with van der Waals surface area (Å²) in [6, 6.07) is 2.56. The van der Waals surface area contributed by atoms with Gasteiger partial charge in [0.1, 0.15) is 0 Å². The van der Waals surface area contributed by atoms with E-state index >= 15 is 0 Å². The lowest BCUT2D eigenvalue weighted by molar-refractivity contribution is -0.119. The number of nitrogens with zero attached hydrogens (tertiary/aromatic N) is 1. The number of hydrogen-bond donors (Lipinski definition) is 1. The molecule has 15 heavy (non-hydrogen) atoms. The van der Waals surface area contributed by atoms with Gasteiger partial charge in [-0.25, -0.2) is 0 Å². The van der Waals surface area contributed by atoms with Gasteiger partial charge in [-0.05, 0) is 29.9 Å². The standard InChI is InChI=1S/C11H16N2OS/c1-2-9-8-4-6-15-10(8)3-5-13(9)7-11(12)14/h4,6,9H,2-3,5,7H2,1H3,(H2,12,14). The molecule has 0 spiro atoms. The van der Waals surface area contributed by atoms with Gasteiger partial charge in [-0.1, -0.05) is 6.92 Å². The van der Waals surface area contributed by atoms with Gasteiger partial charge in [-0.15, -0.1) is 11.3 Å². The molecule has 1 aliphatic heterocycles. The van der Waals surface area contributed by atoms with Crippen LogP contribution in [0.2, 0.25) is 0 Å². The van der Waals surface area contributed by atoms with Crippen molar-refractivity contribution >= 4 is 17.2 Å². The zero-order chi connectivity index (χ0) is 10.8. The van der Waals surface area contributed by atoms with Crippen molar-refractivity contribution < 1.29 is 4.79 Å². The monoisotopic (exact) mass is 224 g/mol. The number of rotatable bonds is 3. The molecule has 2 N–H and O–H groups in total. The van der Waals surface area contributed by atoms with Gasteiger partial charge in [0, 0.05) is 17.5 Å². The zero-order valence-electron chi connectivity index (χ0n) is 8.90. The molecule has 0 aliphatic carbocycles. The maximum Gasteiger partial charge on any atom is 0.231 e. The molecule has 1 unspecified atom stereocenters. The van der Waals surface area contributed by atoms with Gasteiger partial charge >= 0.3 is 0 Å². The molecule has 4 heteroatoms. The summed E-state index contributed by atoms with van der Waals surface area (Å²) < 4.78 is 0.